The highest BCUT2D eigenvalue weighted by Gasteiger charge is 2.22. The van der Waals surface area contributed by atoms with E-state index in [1.165, 1.54) is 35.8 Å². The summed E-state index contributed by atoms with van der Waals surface area (Å²) < 4.78 is 31.1. The van der Waals surface area contributed by atoms with Crippen LogP contribution in [0.5, 0.6) is 5.75 Å². The van der Waals surface area contributed by atoms with Crippen LogP contribution in [0.4, 0.5) is 5.69 Å². The molecule has 0 amide bonds. The number of aromatic hydroxyl groups is 1. The third kappa shape index (κ3) is 2.63. The molecule has 6 nitrogen and oxygen atoms in total. The molecule has 20 heavy (non-hydrogen) atoms. The van der Waals surface area contributed by atoms with Gasteiger partial charge in [-0.2, -0.15) is 4.31 Å². The quantitative estimate of drug-likeness (QED) is 0.661. The van der Waals surface area contributed by atoms with Crippen LogP contribution in [-0.2, 0) is 16.6 Å². The van der Waals surface area contributed by atoms with E-state index in [9.17, 15) is 13.5 Å². The summed E-state index contributed by atoms with van der Waals surface area (Å²) in [5.41, 5.74) is 6.35. The fourth-order valence-corrected chi connectivity index (χ4v) is 2.96. The van der Waals surface area contributed by atoms with E-state index in [1.54, 1.807) is 13.0 Å². The Morgan fingerprint density at radius 1 is 1.35 bits per heavy atom. The smallest absolute Gasteiger partial charge is 0.243 e. The number of aryl methyl sites for hydroxylation is 1. The number of rotatable bonds is 4. The van der Waals surface area contributed by atoms with E-state index in [1.807, 2.05) is 0 Å². The molecule has 0 aliphatic carbocycles. The van der Waals surface area contributed by atoms with Gasteiger partial charge < -0.3 is 15.3 Å². The first-order valence-electron chi connectivity index (χ1n) is 5.90. The third-order valence-corrected chi connectivity index (χ3v) is 4.87. The van der Waals surface area contributed by atoms with Crippen LogP contribution in [0.25, 0.3) is 0 Å². The van der Waals surface area contributed by atoms with Gasteiger partial charge in [0.2, 0.25) is 10.0 Å². The van der Waals surface area contributed by atoms with Gasteiger partial charge in [-0.1, -0.05) is 0 Å². The van der Waals surface area contributed by atoms with Crippen LogP contribution in [0.3, 0.4) is 0 Å². The molecule has 2 rings (SSSR count). The van der Waals surface area contributed by atoms with Gasteiger partial charge in [0.1, 0.15) is 11.5 Å². The van der Waals surface area contributed by atoms with Crippen LogP contribution < -0.4 is 5.73 Å². The van der Waals surface area contributed by atoms with Crippen LogP contribution in [0.15, 0.2) is 39.8 Å². The predicted octanol–water partition coefficient (Wildman–Crippen LogP) is 1.70. The minimum atomic E-state index is -3.67. The minimum Gasteiger partial charge on any atom is -0.506 e. The predicted molar refractivity (Wildman–Crippen MR) is 74.6 cm³/mol. The summed E-state index contributed by atoms with van der Waals surface area (Å²) in [4.78, 5) is 0.0384. The molecule has 1 aromatic heterocycles. The molecule has 0 fully saturated rings. The average Bonchev–Trinajstić information content (AvgIpc) is 2.78. The summed E-state index contributed by atoms with van der Waals surface area (Å²) in [6, 6.07) is 5.55. The molecule has 0 saturated carbocycles. The van der Waals surface area contributed by atoms with Crippen molar-refractivity contribution in [2.24, 2.45) is 0 Å². The SMILES string of the molecule is Cc1occc1CN(C)S(=O)(=O)c1ccc(O)c(N)c1. The van der Waals surface area contributed by atoms with Crippen molar-refractivity contribution in [2.75, 3.05) is 12.8 Å². The lowest BCUT2D eigenvalue weighted by Gasteiger charge is -2.17. The normalized spacial score (nSPS) is 11.9. The third-order valence-electron chi connectivity index (χ3n) is 3.07. The Balaban J connectivity index is 2.29. The lowest BCUT2D eigenvalue weighted by atomic mass is 10.3. The fraction of sp³-hybridized carbons (Fsp3) is 0.231. The van der Waals surface area contributed by atoms with E-state index in [0.717, 1.165) is 5.56 Å². The lowest BCUT2D eigenvalue weighted by molar-refractivity contribution is 0.458. The number of nitrogens with two attached hydrogens (primary N) is 1. The number of phenols is 1. The van der Waals surface area contributed by atoms with Gasteiger partial charge in [0.05, 0.1) is 16.8 Å². The summed E-state index contributed by atoms with van der Waals surface area (Å²) in [6.07, 6.45) is 1.52. The number of phenolic OH excluding ortho intramolecular Hbond substituents is 1. The van der Waals surface area contributed by atoms with Gasteiger partial charge >= 0.3 is 0 Å². The molecule has 1 heterocycles. The number of nitrogens with zero attached hydrogens (tertiary/aromatic N) is 1. The molecular formula is C13H16N2O4S. The Labute approximate surface area is 117 Å². The molecular weight excluding hydrogens is 280 g/mol. The molecule has 0 atom stereocenters. The zero-order chi connectivity index (χ0) is 14.9. The maximum absolute atomic E-state index is 12.4. The van der Waals surface area contributed by atoms with Crippen LogP contribution >= 0.6 is 0 Å². The topological polar surface area (TPSA) is 96.8 Å². The Morgan fingerprint density at radius 2 is 2.05 bits per heavy atom. The summed E-state index contributed by atoms with van der Waals surface area (Å²) in [6.45, 7) is 1.97. The highest BCUT2D eigenvalue weighted by Crippen LogP contribution is 2.25. The Bertz CT molecular complexity index is 722. The maximum atomic E-state index is 12.4. The summed E-state index contributed by atoms with van der Waals surface area (Å²) in [5, 5.41) is 9.35. The molecule has 0 saturated heterocycles. The molecule has 0 aliphatic heterocycles. The van der Waals surface area contributed by atoms with Crippen molar-refractivity contribution in [1.82, 2.24) is 4.31 Å². The van der Waals surface area contributed by atoms with Crippen molar-refractivity contribution in [1.29, 1.82) is 0 Å². The van der Waals surface area contributed by atoms with Crippen molar-refractivity contribution in [3.05, 3.63) is 41.9 Å². The van der Waals surface area contributed by atoms with Gasteiger partial charge in [-0.25, -0.2) is 8.42 Å². The van der Waals surface area contributed by atoms with Gasteiger partial charge in [-0.15, -0.1) is 0 Å². The molecule has 0 bridgehead atoms. The van der Waals surface area contributed by atoms with Gasteiger partial charge in [0.15, 0.2) is 0 Å². The number of furan rings is 1. The molecule has 0 unspecified atom stereocenters. The highest BCUT2D eigenvalue weighted by molar-refractivity contribution is 7.89. The molecule has 3 N–H and O–H groups in total. The maximum Gasteiger partial charge on any atom is 0.243 e. The van der Waals surface area contributed by atoms with E-state index < -0.39 is 10.0 Å². The van der Waals surface area contributed by atoms with E-state index >= 15 is 0 Å². The van der Waals surface area contributed by atoms with Crippen LogP contribution in [0.1, 0.15) is 11.3 Å². The zero-order valence-electron chi connectivity index (χ0n) is 11.2. The molecule has 0 aliphatic rings. The molecule has 108 valence electrons. The second-order valence-electron chi connectivity index (χ2n) is 4.48. The van der Waals surface area contributed by atoms with Gasteiger partial charge in [0.25, 0.3) is 0 Å². The number of anilines is 1. The number of hydrogen-bond acceptors (Lipinski definition) is 5. The first-order chi connectivity index (χ1) is 9.32. The van der Waals surface area contributed by atoms with E-state index in [2.05, 4.69) is 0 Å². The highest BCUT2D eigenvalue weighted by atomic mass is 32.2. The summed E-state index contributed by atoms with van der Waals surface area (Å²) in [7, 11) is -2.19. The summed E-state index contributed by atoms with van der Waals surface area (Å²) >= 11 is 0. The largest absolute Gasteiger partial charge is 0.506 e. The lowest BCUT2D eigenvalue weighted by Crippen LogP contribution is -2.26. The van der Waals surface area contributed by atoms with Crippen molar-refractivity contribution in [3.8, 4) is 5.75 Å². The minimum absolute atomic E-state index is 0.0268. The number of sulfonamides is 1. The van der Waals surface area contributed by atoms with Crippen molar-refractivity contribution >= 4 is 15.7 Å². The van der Waals surface area contributed by atoms with E-state index in [-0.39, 0.29) is 22.9 Å². The van der Waals surface area contributed by atoms with Crippen molar-refractivity contribution in [2.45, 2.75) is 18.4 Å². The first kappa shape index (κ1) is 14.4. The molecule has 0 spiro atoms. The van der Waals surface area contributed by atoms with E-state index in [0.29, 0.717) is 5.76 Å². The van der Waals surface area contributed by atoms with Crippen molar-refractivity contribution < 1.29 is 17.9 Å². The number of nitrogen functional groups attached to an aromatic ring is 1. The Hall–Kier alpha value is -1.99. The standard InChI is InChI=1S/C13H16N2O4S/c1-9-10(5-6-19-9)8-15(2)20(17,18)11-3-4-13(16)12(14)7-11/h3-7,16H,8,14H2,1-2H3. The number of hydrogen-bond donors (Lipinski definition) is 2. The van der Waals surface area contributed by atoms with Crippen molar-refractivity contribution in [3.63, 3.8) is 0 Å². The van der Waals surface area contributed by atoms with Crippen LogP contribution in [0, 0.1) is 6.92 Å². The van der Waals surface area contributed by atoms with Gasteiger partial charge in [0, 0.05) is 19.2 Å². The molecule has 0 radical (unpaired) electrons. The van der Waals surface area contributed by atoms with Crippen LogP contribution in [-0.4, -0.2) is 24.9 Å². The van der Waals surface area contributed by atoms with Gasteiger partial charge in [-0.05, 0) is 31.2 Å². The van der Waals surface area contributed by atoms with Crippen LogP contribution in [0.2, 0.25) is 0 Å². The molecule has 7 heteroatoms. The monoisotopic (exact) mass is 296 g/mol. The fourth-order valence-electron chi connectivity index (χ4n) is 1.77. The second-order valence-corrected chi connectivity index (χ2v) is 6.53. The molecule has 1 aromatic carbocycles. The Morgan fingerprint density at radius 3 is 2.60 bits per heavy atom. The Kier molecular flexibility index (Phi) is 3.74. The van der Waals surface area contributed by atoms with E-state index in [4.69, 9.17) is 10.2 Å². The second kappa shape index (κ2) is 5.18. The first-order valence-corrected chi connectivity index (χ1v) is 7.34. The molecule has 2 aromatic rings. The average molecular weight is 296 g/mol. The van der Waals surface area contributed by atoms with Gasteiger partial charge in [-0.3, -0.25) is 0 Å². The summed E-state index contributed by atoms with van der Waals surface area (Å²) in [5.74, 6) is 0.537. The number of benzene rings is 1. The zero-order valence-corrected chi connectivity index (χ0v) is 12.0.